The Labute approximate surface area is 315 Å². The van der Waals surface area contributed by atoms with Gasteiger partial charge in [0, 0.05) is 47.6 Å². The van der Waals surface area contributed by atoms with Crippen LogP contribution in [0.5, 0.6) is 0 Å². The first-order valence-corrected chi connectivity index (χ1v) is 19.1. The summed E-state index contributed by atoms with van der Waals surface area (Å²) >= 11 is 1.80. The summed E-state index contributed by atoms with van der Waals surface area (Å²) in [7, 11) is 0. The second-order valence-electron chi connectivity index (χ2n) is 13.9. The Balaban J connectivity index is 1.03. The second kappa shape index (κ2) is 12.5. The van der Waals surface area contributed by atoms with E-state index in [1.54, 1.807) is 11.3 Å². The highest BCUT2D eigenvalue weighted by Crippen LogP contribution is 2.42. The molecule has 1 aliphatic rings. The molecule has 0 aliphatic heterocycles. The van der Waals surface area contributed by atoms with Gasteiger partial charge in [0.15, 0.2) is 17.5 Å². The molecule has 0 amide bonds. The van der Waals surface area contributed by atoms with E-state index in [1.807, 2.05) is 18.2 Å². The summed E-state index contributed by atoms with van der Waals surface area (Å²) in [5.41, 5.74) is 9.50. The molecule has 11 rings (SSSR count). The molecule has 0 radical (unpaired) electrons. The highest BCUT2D eigenvalue weighted by molar-refractivity contribution is 7.25. The molecule has 0 fully saturated rings. The molecule has 54 heavy (non-hydrogen) atoms. The van der Waals surface area contributed by atoms with Gasteiger partial charge in [-0.25, -0.2) is 15.0 Å². The van der Waals surface area contributed by atoms with E-state index in [9.17, 15) is 0 Å². The average Bonchev–Trinajstić information content (AvgIpc) is 3.82. The third-order valence-electron chi connectivity index (χ3n) is 10.6. The molecule has 3 heterocycles. The fourth-order valence-electron chi connectivity index (χ4n) is 8.01. The van der Waals surface area contributed by atoms with Gasteiger partial charge in [-0.2, -0.15) is 0 Å². The SMILES string of the molecule is C1=C(c2nc(-c3ccccc3)nc(-c3cccc4sc5ccccc5c34)n2)C=C(c2cccc3oc4cc(-c5ccc6ccccc6c5)ccc4c23)CC1. The maximum absolute atomic E-state index is 6.56. The molecule has 7 aromatic carbocycles. The van der Waals surface area contributed by atoms with Crippen molar-refractivity contribution in [3.63, 3.8) is 0 Å². The van der Waals surface area contributed by atoms with Crippen molar-refractivity contribution in [3.8, 4) is 33.9 Å². The van der Waals surface area contributed by atoms with E-state index >= 15 is 0 Å². The van der Waals surface area contributed by atoms with Gasteiger partial charge in [-0.1, -0.05) is 121 Å². The van der Waals surface area contributed by atoms with Crippen molar-refractivity contribution in [2.75, 3.05) is 0 Å². The number of hydrogen-bond acceptors (Lipinski definition) is 5. The maximum atomic E-state index is 6.56. The van der Waals surface area contributed by atoms with Crippen LogP contribution in [0.1, 0.15) is 24.2 Å². The lowest BCUT2D eigenvalue weighted by molar-refractivity contribution is 0.669. The molecule has 4 nitrogen and oxygen atoms in total. The predicted molar refractivity (Wildman–Crippen MR) is 225 cm³/mol. The number of furan rings is 1. The average molecular weight is 710 g/mol. The van der Waals surface area contributed by atoms with Gasteiger partial charge in [-0.05, 0) is 88.4 Å². The number of allylic oxidation sites excluding steroid dienone is 4. The van der Waals surface area contributed by atoms with Crippen molar-refractivity contribution in [2.45, 2.75) is 12.8 Å². The predicted octanol–water partition coefficient (Wildman–Crippen LogP) is 13.6. The van der Waals surface area contributed by atoms with Gasteiger partial charge >= 0.3 is 0 Å². The first-order chi connectivity index (χ1) is 26.7. The molecule has 0 bridgehead atoms. The van der Waals surface area contributed by atoms with Crippen molar-refractivity contribution in [2.24, 2.45) is 0 Å². The Kier molecular flexibility index (Phi) is 7.13. The van der Waals surface area contributed by atoms with Gasteiger partial charge in [0.1, 0.15) is 11.2 Å². The van der Waals surface area contributed by atoms with Crippen molar-refractivity contribution >= 4 is 75.4 Å². The highest BCUT2D eigenvalue weighted by Gasteiger charge is 2.21. The van der Waals surface area contributed by atoms with Crippen LogP contribution in [0.4, 0.5) is 0 Å². The summed E-state index contributed by atoms with van der Waals surface area (Å²) in [4.78, 5) is 15.5. The zero-order valence-electron chi connectivity index (χ0n) is 29.2. The Morgan fingerprint density at radius 3 is 2.17 bits per heavy atom. The van der Waals surface area contributed by atoms with E-state index in [0.717, 1.165) is 57.0 Å². The fraction of sp³-hybridized carbons (Fsp3) is 0.0408. The van der Waals surface area contributed by atoms with Crippen LogP contribution in [0.15, 0.2) is 168 Å². The Hall–Kier alpha value is -6.69. The van der Waals surface area contributed by atoms with E-state index in [1.165, 1.54) is 47.6 Å². The molecule has 3 aromatic heterocycles. The molecule has 254 valence electrons. The summed E-state index contributed by atoms with van der Waals surface area (Å²) < 4.78 is 9.04. The van der Waals surface area contributed by atoms with Gasteiger partial charge < -0.3 is 4.42 Å². The Morgan fingerprint density at radius 2 is 1.22 bits per heavy atom. The van der Waals surface area contributed by atoms with Crippen LogP contribution in [0.25, 0.3) is 97.9 Å². The van der Waals surface area contributed by atoms with Crippen LogP contribution < -0.4 is 0 Å². The van der Waals surface area contributed by atoms with Crippen molar-refractivity contribution < 1.29 is 4.42 Å². The Morgan fingerprint density at radius 1 is 0.481 bits per heavy atom. The highest BCUT2D eigenvalue weighted by atomic mass is 32.1. The van der Waals surface area contributed by atoms with Crippen LogP contribution in [0.2, 0.25) is 0 Å². The lowest BCUT2D eigenvalue weighted by Crippen LogP contribution is -2.04. The molecule has 10 aromatic rings. The number of aromatic nitrogens is 3. The van der Waals surface area contributed by atoms with Crippen molar-refractivity contribution in [1.82, 2.24) is 15.0 Å². The minimum absolute atomic E-state index is 0.665. The van der Waals surface area contributed by atoms with Crippen LogP contribution >= 0.6 is 11.3 Å². The van der Waals surface area contributed by atoms with Gasteiger partial charge in [0.25, 0.3) is 0 Å². The number of fused-ring (bicyclic) bond motifs is 7. The molecular weight excluding hydrogens is 679 g/mol. The molecule has 0 saturated heterocycles. The molecule has 0 N–H and O–H groups in total. The standard InChI is InChI=1S/C49H31N3OS/c1-2-12-31(13-3-1)47-50-48(52-49(51-47)40-19-10-22-44-46(40)39-17-6-7-21-43(39)54-44)36-16-8-15-35(28-36)37-18-9-20-41-45(37)38-26-25-34(29-42(38)53-41)33-24-23-30-11-4-5-14-32(30)27-33/h1-7,9-14,16-29H,8,15H2. The lowest BCUT2D eigenvalue weighted by atomic mass is 9.90. The largest absolute Gasteiger partial charge is 0.456 e. The zero-order valence-corrected chi connectivity index (χ0v) is 30.0. The quantitative estimate of drug-likeness (QED) is 0.178. The first-order valence-electron chi connectivity index (χ1n) is 18.3. The van der Waals surface area contributed by atoms with E-state index in [-0.39, 0.29) is 0 Å². The molecule has 0 spiro atoms. The summed E-state index contributed by atoms with van der Waals surface area (Å²) in [5.74, 6) is 2.02. The van der Waals surface area contributed by atoms with E-state index in [4.69, 9.17) is 19.4 Å². The van der Waals surface area contributed by atoms with Gasteiger partial charge in [0.05, 0.1) is 0 Å². The third kappa shape index (κ3) is 5.16. The molecule has 1 aliphatic carbocycles. The summed E-state index contributed by atoms with van der Waals surface area (Å²) in [6, 6.07) is 53.4. The molecular formula is C49H31N3OS. The molecule has 0 unspecified atom stereocenters. The number of nitrogens with zero attached hydrogens (tertiary/aromatic N) is 3. The van der Waals surface area contributed by atoms with Gasteiger partial charge in [-0.3, -0.25) is 0 Å². The first kappa shape index (κ1) is 30.9. The maximum Gasteiger partial charge on any atom is 0.164 e. The normalized spacial score (nSPS) is 13.3. The summed E-state index contributed by atoms with van der Waals surface area (Å²) in [5, 5.41) is 7.14. The number of thiophene rings is 1. The molecule has 5 heteroatoms. The molecule has 0 saturated carbocycles. The van der Waals surface area contributed by atoms with Crippen LogP contribution in [0.3, 0.4) is 0 Å². The topological polar surface area (TPSA) is 51.8 Å². The fourth-order valence-corrected chi connectivity index (χ4v) is 9.15. The van der Waals surface area contributed by atoms with Crippen molar-refractivity contribution in [3.05, 3.63) is 175 Å². The van der Waals surface area contributed by atoms with Gasteiger partial charge in [0.2, 0.25) is 0 Å². The third-order valence-corrected chi connectivity index (χ3v) is 11.7. The monoisotopic (exact) mass is 709 g/mol. The number of benzene rings is 7. The van der Waals surface area contributed by atoms with E-state index < -0.39 is 0 Å². The number of hydrogen-bond donors (Lipinski definition) is 0. The smallest absolute Gasteiger partial charge is 0.164 e. The molecule has 0 atom stereocenters. The minimum atomic E-state index is 0.665. The second-order valence-corrected chi connectivity index (χ2v) is 15.0. The van der Waals surface area contributed by atoms with E-state index in [2.05, 4.69) is 146 Å². The zero-order chi connectivity index (χ0) is 35.6. The van der Waals surface area contributed by atoms with Crippen LogP contribution in [0, 0.1) is 0 Å². The van der Waals surface area contributed by atoms with Crippen molar-refractivity contribution in [1.29, 1.82) is 0 Å². The summed E-state index contributed by atoms with van der Waals surface area (Å²) in [6.07, 6.45) is 6.33. The Bertz CT molecular complexity index is 3170. The lowest BCUT2D eigenvalue weighted by Gasteiger charge is -2.16. The minimum Gasteiger partial charge on any atom is -0.456 e. The van der Waals surface area contributed by atoms with Crippen LogP contribution in [-0.2, 0) is 0 Å². The van der Waals surface area contributed by atoms with Crippen LogP contribution in [-0.4, -0.2) is 15.0 Å². The van der Waals surface area contributed by atoms with E-state index in [0.29, 0.717) is 17.5 Å². The summed E-state index contributed by atoms with van der Waals surface area (Å²) in [6.45, 7) is 0. The number of rotatable bonds is 5. The van der Waals surface area contributed by atoms with Gasteiger partial charge in [-0.15, -0.1) is 11.3 Å².